The fraction of sp³-hybridized carbons (Fsp3) is 0.545. The van der Waals surface area contributed by atoms with Gasteiger partial charge >= 0.3 is 10.2 Å². The number of anilines is 1. The van der Waals surface area contributed by atoms with Crippen molar-refractivity contribution < 1.29 is 8.42 Å². The molecule has 0 aliphatic carbocycles. The Morgan fingerprint density at radius 2 is 2.33 bits per heavy atom. The van der Waals surface area contributed by atoms with E-state index in [1.807, 2.05) is 0 Å². The van der Waals surface area contributed by atoms with Gasteiger partial charge in [-0.25, -0.2) is 4.98 Å². The highest BCUT2D eigenvalue weighted by atomic mass is 35.5. The van der Waals surface area contributed by atoms with E-state index in [-0.39, 0.29) is 5.82 Å². The summed E-state index contributed by atoms with van der Waals surface area (Å²) in [6, 6.07) is 3.26. The third-order valence-electron chi connectivity index (χ3n) is 2.94. The van der Waals surface area contributed by atoms with Gasteiger partial charge in [0.25, 0.3) is 0 Å². The van der Waals surface area contributed by atoms with Crippen LogP contribution in [0.15, 0.2) is 18.3 Å². The van der Waals surface area contributed by atoms with Gasteiger partial charge in [0.15, 0.2) is 5.82 Å². The van der Waals surface area contributed by atoms with E-state index in [4.69, 9.17) is 11.6 Å². The zero-order chi connectivity index (χ0) is 13.2. The molecular weight excluding hydrogens is 274 g/mol. The Morgan fingerprint density at radius 1 is 1.56 bits per heavy atom. The molecule has 0 spiro atoms. The Bertz CT molecular complexity index is 521. The summed E-state index contributed by atoms with van der Waals surface area (Å²) in [6.45, 7) is 3.14. The number of aromatic nitrogens is 1. The number of rotatable bonds is 3. The lowest BCUT2D eigenvalue weighted by molar-refractivity contribution is 0.282. The van der Waals surface area contributed by atoms with Crippen LogP contribution < -0.4 is 4.72 Å². The number of piperidine rings is 1. The normalized spacial score (nSPS) is 21.8. The maximum atomic E-state index is 12.2. The Kier molecular flexibility index (Phi) is 4.09. The molecule has 1 atom stereocenters. The molecule has 2 rings (SSSR count). The first kappa shape index (κ1) is 13.6. The van der Waals surface area contributed by atoms with Crippen molar-refractivity contribution in [2.24, 2.45) is 5.92 Å². The zero-order valence-corrected chi connectivity index (χ0v) is 11.7. The molecule has 7 heteroatoms. The van der Waals surface area contributed by atoms with Crippen LogP contribution in [-0.2, 0) is 10.2 Å². The van der Waals surface area contributed by atoms with Gasteiger partial charge in [0.05, 0.1) is 5.02 Å². The maximum Gasteiger partial charge on any atom is 0.302 e. The highest BCUT2D eigenvalue weighted by Crippen LogP contribution is 2.22. The molecule has 0 bridgehead atoms. The first-order chi connectivity index (χ1) is 8.49. The molecule has 1 aromatic heterocycles. The van der Waals surface area contributed by atoms with E-state index in [0.29, 0.717) is 24.0 Å². The van der Waals surface area contributed by atoms with Crippen molar-refractivity contribution in [3.8, 4) is 0 Å². The summed E-state index contributed by atoms with van der Waals surface area (Å²) in [5.41, 5.74) is 0. The van der Waals surface area contributed by atoms with E-state index >= 15 is 0 Å². The van der Waals surface area contributed by atoms with Crippen molar-refractivity contribution >= 4 is 27.6 Å². The molecule has 1 aromatic rings. The summed E-state index contributed by atoms with van der Waals surface area (Å²) in [6.07, 6.45) is 3.46. The fourth-order valence-corrected chi connectivity index (χ4v) is 3.59. The highest BCUT2D eigenvalue weighted by Gasteiger charge is 2.27. The molecule has 0 saturated carbocycles. The molecule has 1 aliphatic rings. The molecule has 0 amide bonds. The number of halogens is 1. The summed E-state index contributed by atoms with van der Waals surface area (Å²) in [4.78, 5) is 3.93. The van der Waals surface area contributed by atoms with Crippen LogP contribution in [0.1, 0.15) is 19.8 Å². The second-order valence-corrected chi connectivity index (χ2v) is 6.62. The quantitative estimate of drug-likeness (QED) is 0.927. The second-order valence-electron chi connectivity index (χ2n) is 4.55. The smallest absolute Gasteiger partial charge is 0.253 e. The Hall–Kier alpha value is -0.850. The lowest BCUT2D eigenvalue weighted by Crippen LogP contribution is -2.42. The molecule has 5 nitrogen and oxygen atoms in total. The summed E-state index contributed by atoms with van der Waals surface area (Å²) in [7, 11) is -3.56. The second kappa shape index (κ2) is 5.42. The first-order valence-electron chi connectivity index (χ1n) is 5.87. The van der Waals surface area contributed by atoms with Crippen LogP contribution in [-0.4, -0.2) is 30.8 Å². The van der Waals surface area contributed by atoms with Crippen LogP contribution in [0.4, 0.5) is 5.82 Å². The number of nitrogens with one attached hydrogen (secondary N) is 1. The van der Waals surface area contributed by atoms with Crippen LogP contribution in [0.25, 0.3) is 0 Å². The highest BCUT2D eigenvalue weighted by molar-refractivity contribution is 7.90. The minimum atomic E-state index is -3.56. The largest absolute Gasteiger partial charge is 0.302 e. The maximum absolute atomic E-state index is 12.2. The Balaban J connectivity index is 2.14. The van der Waals surface area contributed by atoms with E-state index < -0.39 is 10.2 Å². The predicted molar refractivity (Wildman–Crippen MR) is 71.8 cm³/mol. The monoisotopic (exact) mass is 289 g/mol. The zero-order valence-electron chi connectivity index (χ0n) is 10.1. The topological polar surface area (TPSA) is 62.3 Å². The van der Waals surface area contributed by atoms with E-state index in [1.54, 1.807) is 12.1 Å². The van der Waals surface area contributed by atoms with E-state index in [9.17, 15) is 8.42 Å². The van der Waals surface area contributed by atoms with Crippen LogP contribution in [0.5, 0.6) is 0 Å². The number of nitrogens with zero attached hydrogens (tertiary/aromatic N) is 2. The SMILES string of the molecule is CC1CCCN(S(=O)(=O)Nc2ncccc2Cl)C1. The van der Waals surface area contributed by atoms with Crippen LogP contribution in [0.3, 0.4) is 0 Å². The van der Waals surface area contributed by atoms with Crippen molar-refractivity contribution in [2.75, 3.05) is 17.8 Å². The molecule has 1 saturated heterocycles. The van der Waals surface area contributed by atoms with Gasteiger partial charge in [-0.3, -0.25) is 4.72 Å². The predicted octanol–water partition coefficient (Wildman–Crippen LogP) is 2.12. The molecular formula is C11H16ClN3O2S. The van der Waals surface area contributed by atoms with Gasteiger partial charge in [-0.15, -0.1) is 0 Å². The minimum absolute atomic E-state index is 0.178. The first-order valence-corrected chi connectivity index (χ1v) is 7.69. The van der Waals surface area contributed by atoms with Crippen LogP contribution in [0.2, 0.25) is 5.02 Å². The number of pyridine rings is 1. The molecule has 1 aliphatic heterocycles. The third-order valence-corrected chi connectivity index (χ3v) is 4.71. The molecule has 1 fully saturated rings. The standard InChI is InChI=1S/C11H16ClN3O2S/c1-9-4-3-7-15(8-9)18(16,17)14-11-10(12)5-2-6-13-11/h2,5-6,9H,3-4,7-8H2,1H3,(H,13,14). The van der Waals surface area contributed by atoms with Gasteiger partial charge in [-0.1, -0.05) is 18.5 Å². The molecule has 1 N–H and O–H groups in total. The summed E-state index contributed by atoms with van der Waals surface area (Å²) in [5, 5.41) is 0.297. The number of hydrogen-bond donors (Lipinski definition) is 1. The van der Waals surface area contributed by atoms with Crippen molar-refractivity contribution in [1.82, 2.24) is 9.29 Å². The average Bonchev–Trinajstić information content (AvgIpc) is 2.32. The average molecular weight is 290 g/mol. The molecule has 1 unspecified atom stereocenters. The molecule has 100 valence electrons. The van der Waals surface area contributed by atoms with Gasteiger partial charge < -0.3 is 0 Å². The van der Waals surface area contributed by atoms with Gasteiger partial charge in [-0.05, 0) is 30.9 Å². The lowest BCUT2D eigenvalue weighted by Gasteiger charge is -2.30. The van der Waals surface area contributed by atoms with Crippen molar-refractivity contribution in [3.63, 3.8) is 0 Å². The molecule has 0 aromatic carbocycles. The molecule has 0 radical (unpaired) electrons. The third kappa shape index (κ3) is 3.13. The van der Waals surface area contributed by atoms with E-state index in [1.165, 1.54) is 10.5 Å². The molecule has 18 heavy (non-hydrogen) atoms. The Morgan fingerprint density at radius 3 is 3.00 bits per heavy atom. The summed E-state index contributed by atoms with van der Waals surface area (Å²) in [5.74, 6) is 0.562. The van der Waals surface area contributed by atoms with Crippen molar-refractivity contribution in [1.29, 1.82) is 0 Å². The van der Waals surface area contributed by atoms with Crippen molar-refractivity contribution in [2.45, 2.75) is 19.8 Å². The summed E-state index contributed by atoms with van der Waals surface area (Å²) < 4.78 is 28.2. The van der Waals surface area contributed by atoms with Gasteiger partial charge in [0, 0.05) is 19.3 Å². The fourth-order valence-electron chi connectivity index (χ4n) is 2.01. The van der Waals surface area contributed by atoms with Crippen LogP contribution >= 0.6 is 11.6 Å². The van der Waals surface area contributed by atoms with Gasteiger partial charge in [-0.2, -0.15) is 12.7 Å². The minimum Gasteiger partial charge on any atom is -0.253 e. The number of hydrogen-bond acceptors (Lipinski definition) is 3. The van der Waals surface area contributed by atoms with Crippen molar-refractivity contribution in [3.05, 3.63) is 23.4 Å². The Labute approximate surface area is 112 Å². The lowest BCUT2D eigenvalue weighted by atomic mass is 10.0. The van der Waals surface area contributed by atoms with Crippen LogP contribution in [0, 0.1) is 5.92 Å². The van der Waals surface area contributed by atoms with E-state index in [0.717, 1.165) is 12.8 Å². The van der Waals surface area contributed by atoms with E-state index in [2.05, 4.69) is 16.6 Å². The molecule has 2 heterocycles. The van der Waals surface area contributed by atoms with Gasteiger partial charge in [0.1, 0.15) is 0 Å². The summed E-state index contributed by atoms with van der Waals surface area (Å²) >= 11 is 5.89. The van der Waals surface area contributed by atoms with Gasteiger partial charge in [0.2, 0.25) is 0 Å².